The monoisotopic (exact) mass is 395 g/mol. The highest BCUT2D eigenvalue weighted by Crippen LogP contribution is 2.24. The van der Waals surface area contributed by atoms with Gasteiger partial charge >= 0.3 is 5.97 Å². The number of rotatable bonds is 10. The highest BCUT2D eigenvalue weighted by atomic mass is 32.1. The van der Waals surface area contributed by atoms with Crippen molar-refractivity contribution < 1.29 is 14.3 Å². The summed E-state index contributed by atoms with van der Waals surface area (Å²) in [4.78, 5) is 34.6. The lowest BCUT2D eigenvalue weighted by molar-refractivity contribution is -0.143. The Morgan fingerprint density at radius 3 is 2.78 bits per heavy atom. The van der Waals surface area contributed by atoms with E-state index in [4.69, 9.17) is 4.74 Å². The summed E-state index contributed by atoms with van der Waals surface area (Å²) in [7, 11) is 0. The average Bonchev–Trinajstić information content (AvgIpc) is 3.24. The molecule has 1 aromatic heterocycles. The van der Waals surface area contributed by atoms with Crippen molar-refractivity contribution in [2.45, 2.75) is 65.8 Å². The number of carbonyl (C=O) groups excluding carboxylic acids is 2. The van der Waals surface area contributed by atoms with Crippen molar-refractivity contribution in [3.05, 3.63) is 15.6 Å². The Balaban J connectivity index is 2.14. The van der Waals surface area contributed by atoms with Gasteiger partial charge in [0.25, 0.3) is 5.91 Å². The molecule has 1 aliphatic rings. The zero-order valence-electron chi connectivity index (χ0n) is 17.1. The molecule has 0 bridgehead atoms. The van der Waals surface area contributed by atoms with Crippen LogP contribution in [0, 0.1) is 6.92 Å². The van der Waals surface area contributed by atoms with E-state index in [1.54, 1.807) is 6.92 Å². The maximum atomic E-state index is 13.3. The maximum absolute atomic E-state index is 13.3. The summed E-state index contributed by atoms with van der Waals surface area (Å²) in [6, 6.07) is 0.365. The second kappa shape index (κ2) is 10.8. The number of amides is 1. The van der Waals surface area contributed by atoms with Crippen LogP contribution in [-0.4, -0.2) is 65.5 Å². The molecule has 1 saturated heterocycles. The lowest BCUT2D eigenvalue weighted by atomic mass is 10.2. The Hall–Kier alpha value is -1.47. The summed E-state index contributed by atoms with van der Waals surface area (Å²) in [6.45, 7) is 11.5. The minimum Gasteiger partial charge on any atom is -0.466 e. The predicted molar refractivity (Wildman–Crippen MR) is 108 cm³/mol. The molecule has 1 amide bonds. The molecule has 7 heteroatoms. The van der Waals surface area contributed by atoms with Gasteiger partial charge in [-0.05, 0) is 52.6 Å². The molecule has 0 radical (unpaired) electrons. The van der Waals surface area contributed by atoms with Gasteiger partial charge in [-0.2, -0.15) is 0 Å². The van der Waals surface area contributed by atoms with Crippen molar-refractivity contribution in [2.75, 3.05) is 32.8 Å². The first-order valence-corrected chi connectivity index (χ1v) is 11.0. The number of hydrogen-bond acceptors (Lipinski definition) is 6. The van der Waals surface area contributed by atoms with E-state index in [1.807, 2.05) is 11.8 Å². The number of aryl methyl sites for hydroxylation is 2. The lowest BCUT2D eigenvalue weighted by Crippen LogP contribution is -2.43. The van der Waals surface area contributed by atoms with Crippen LogP contribution in [0.2, 0.25) is 0 Å². The first-order chi connectivity index (χ1) is 13.0. The quantitative estimate of drug-likeness (QED) is 0.569. The van der Waals surface area contributed by atoms with Crippen molar-refractivity contribution in [1.29, 1.82) is 0 Å². The molecule has 152 valence electrons. The first kappa shape index (κ1) is 21.8. The molecule has 1 aromatic rings. The van der Waals surface area contributed by atoms with Gasteiger partial charge in [0.15, 0.2) is 0 Å². The molecule has 1 aliphatic heterocycles. The third-order valence-electron chi connectivity index (χ3n) is 5.01. The minimum atomic E-state index is -0.248. The number of carbonyl (C=O) groups is 2. The van der Waals surface area contributed by atoms with E-state index in [0.29, 0.717) is 30.6 Å². The summed E-state index contributed by atoms with van der Waals surface area (Å²) >= 11 is 1.50. The molecule has 0 N–H and O–H groups in total. The van der Waals surface area contributed by atoms with Crippen LogP contribution in [0.4, 0.5) is 0 Å². The highest BCUT2D eigenvalue weighted by molar-refractivity contribution is 7.13. The van der Waals surface area contributed by atoms with Gasteiger partial charge in [-0.25, -0.2) is 4.98 Å². The number of ether oxygens (including phenoxy) is 1. The molecule has 0 aromatic carbocycles. The van der Waals surface area contributed by atoms with Crippen LogP contribution in [-0.2, 0) is 16.0 Å². The normalized spacial score (nSPS) is 17.3. The van der Waals surface area contributed by atoms with Gasteiger partial charge in [0, 0.05) is 19.1 Å². The van der Waals surface area contributed by atoms with Gasteiger partial charge in [-0.15, -0.1) is 11.3 Å². The van der Waals surface area contributed by atoms with Crippen LogP contribution < -0.4 is 0 Å². The number of likely N-dealkylation sites (tertiary alicyclic amines) is 1. The van der Waals surface area contributed by atoms with Crippen LogP contribution in [0.25, 0.3) is 0 Å². The van der Waals surface area contributed by atoms with Gasteiger partial charge in [0.2, 0.25) is 0 Å². The molecular weight excluding hydrogens is 362 g/mol. The molecule has 0 aliphatic carbocycles. The number of aromatic nitrogens is 1. The molecule has 1 unspecified atom stereocenters. The molecule has 0 spiro atoms. The summed E-state index contributed by atoms with van der Waals surface area (Å²) in [5.41, 5.74) is 0.799. The van der Waals surface area contributed by atoms with Crippen LogP contribution in [0.15, 0.2) is 0 Å². The van der Waals surface area contributed by atoms with Crippen molar-refractivity contribution in [3.63, 3.8) is 0 Å². The average molecular weight is 396 g/mol. The van der Waals surface area contributed by atoms with Crippen LogP contribution >= 0.6 is 11.3 Å². The zero-order valence-corrected chi connectivity index (χ0v) is 17.9. The molecule has 1 atom stereocenters. The van der Waals surface area contributed by atoms with Gasteiger partial charge in [-0.3, -0.25) is 14.5 Å². The summed E-state index contributed by atoms with van der Waals surface area (Å²) < 4.78 is 5.05. The fraction of sp³-hybridized carbons (Fsp3) is 0.750. The molecular formula is C20H33N3O3S. The van der Waals surface area contributed by atoms with E-state index in [2.05, 4.69) is 23.7 Å². The molecule has 0 saturated carbocycles. The van der Waals surface area contributed by atoms with E-state index >= 15 is 0 Å². The van der Waals surface area contributed by atoms with Crippen molar-refractivity contribution in [3.8, 4) is 0 Å². The van der Waals surface area contributed by atoms with E-state index in [-0.39, 0.29) is 18.3 Å². The van der Waals surface area contributed by atoms with Crippen LogP contribution in [0.3, 0.4) is 0 Å². The second-order valence-electron chi connectivity index (χ2n) is 7.00. The van der Waals surface area contributed by atoms with Crippen LogP contribution in [0.1, 0.15) is 66.8 Å². The Morgan fingerprint density at radius 2 is 2.11 bits per heavy atom. The number of esters is 1. The number of likely N-dealkylation sites (N-methyl/N-ethyl adjacent to an activating group) is 1. The summed E-state index contributed by atoms with van der Waals surface area (Å²) in [6.07, 6.45) is 4.41. The topological polar surface area (TPSA) is 62.7 Å². The van der Waals surface area contributed by atoms with E-state index in [1.165, 1.54) is 17.8 Å². The van der Waals surface area contributed by atoms with Gasteiger partial charge in [0.05, 0.1) is 23.7 Å². The second-order valence-corrected chi connectivity index (χ2v) is 8.09. The number of nitrogens with zero attached hydrogens (tertiary/aromatic N) is 3. The molecule has 2 rings (SSSR count). The van der Waals surface area contributed by atoms with Crippen molar-refractivity contribution >= 4 is 23.2 Å². The largest absolute Gasteiger partial charge is 0.466 e. The van der Waals surface area contributed by atoms with Crippen molar-refractivity contribution in [1.82, 2.24) is 14.8 Å². The van der Waals surface area contributed by atoms with Crippen LogP contribution in [0.5, 0.6) is 0 Å². The Bertz CT molecular complexity index is 632. The SMILES string of the molecule is CCCc1nc(C)c(C(=O)N(CCC(=O)OCC)CC2CCCN2CC)s1. The fourth-order valence-corrected chi connectivity index (χ4v) is 4.76. The fourth-order valence-electron chi connectivity index (χ4n) is 3.62. The number of thiazole rings is 1. The maximum Gasteiger partial charge on any atom is 0.307 e. The Morgan fingerprint density at radius 1 is 1.33 bits per heavy atom. The van der Waals surface area contributed by atoms with Crippen molar-refractivity contribution in [2.24, 2.45) is 0 Å². The van der Waals surface area contributed by atoms with E-state index in [0.717, 1.165) is 43.1 Å². The number of hydrogen-bond donors (Lipinski definition) is 0. The van der Waals surface area contributed by atoms with Gasteiger partial charge in [0.1, 0.15) is 4.88 Å². The van der Waals surface area contributed by atoms with E-state index in [9.17, 15) is 9.59 Å². The minimum absolute atomic E-state index is 0.000366. The molecule has 27 heavy (non-hydrogen) atoms. The molecule has 1 fully saturated rings. The standard InChI is InChI=1S/C20H33N3O3S/c1-5-9-17-21-15(4)19(27-17)20(25)23(13-11-18(24)26-7-3)14-16-10-8-12-22(16)6-2/h16H,5-14H2,1-4H3. The zero-order chi connectivity index (χ0) is 19.8. The smallest absolute Gasteiger partial charge is 0.307 e. The lowest BCUT2D eigenvalue weighted by Gasteiger charge is -2.30. The summed E-state index contributed by atoms with van der Waals surface area (Å²) in [5.74, 6) is -0.249. The third kappa shape index (κ3) is 6.01. The van der Waals surface area contributed by atoms with Gasteiger partial charge < -0.3 is 9.64 Å². The Kier molecular flexibility index (Phi) is 8.70. The third-order valence-corrected chi connectivity index (χ3v) is 6.22. The first-order valence-electron chi connectivity index (χ1n) is 10.1. The molecule has 2 heterocycles. The predicted octanol–water partition coefficient (Wildman–Crippen LogP) is 3.28. The molecule has 6 nitrogen and oxygen atoms in total. The van der Waals surface area contributed by atoms with Gasteiger partial charge in [-0.1, -0.05) is 13.8 Å². The Labute approximate surface area is 166 Å². The summed E-state index contributed by atoms with van der Waals surface area (Å²) in [5, 5.41) is 1.01. The highest BCUT2D eigenvalue weighted by Gasteiger charge is 2.29. The van der Waals surface area contributed by atoms with E-state index < -0.39 is 0 Å².